The van der Waals surface area contributed by atoms with Crippen LogP contribution in [0.2, 0.25) is 0 Å². The number of hydrogen-bond donors (Lipinski definition) is 0. The van der Waals surface area contributed by atoms with Gasteiger partial charge in [0.05, 0.1) is 20.0 Å². The molecule has 0 N–H and O–H groups in total. The third kappa shape index (κ3) is 3.97. The van der Waals surface area contributed by atoms with Crippen LogP contribution in [0, 0.1) is 0 Å². The Kier molecular flexibility index (Phi) is 5.75. The lowest BCUT2D eigenvalue weighted by Crippen LogP contribution is -2.31. The van der Waals surface area contributed by atoms with Gasteiger partial charge in [-0.2, -0.15) is 0 Å². The molecular formula is C20H26N4O3S. The first-order valence-electron chi connectivity index (χ1n) is 9.79. The number of hydrogen-bond acceptors (Lipinski definition) is 7. The predicted octanol–water partition coefficient (Wildman–Crippen LogP) is 3.60. The number of rotatable bonds is 8. The smallest absolute Gasteiger partial charge is 0.228 e. The van der Waals surface area contributed by atoms with Crippen molar-refractivity contribution in [2.75, 3.05) is 38.0 Å². The zero-order chi connectivity index (χ0) is 19.5. The summed E-state index contributed by atoms with van der Waals surface area (Å²) in [6, 6.07) is 5.74. The van der Waals surface area contributed by atoms with Gasteiger partial charge in [-0.3, -0.25) is 9.36 Å². The summed E-state index contributed by atoms with van der Waals surface area (Å²) in [6.45, 7) is 2.08. The summed E-state index contributed by atoms with van der Waals surface area (Å²) in [4.78, 5) is 15.0. The van der Waals surface area contributed by atoms with Crippen LogP contribution < -0.4 is 14.4 Å². The molecule has 2 aromatic rings. The van der Waals surface area contributed by atoms with E-state index in [1.807, 2.05) is 0 Å². The molecule has 1 saturated heterocycles. The summed E-state index contributed by atoms with van der Waals surface area (Å²) in [5.74, 6) is 2.51. The lowest BCUT2D eigenvalue weighted by Gasteiger charge is -2.27. The summed E-state index contributed by atoms with van der Waals surface area (Å²) >= 11 is 1.47. The van der Waals surface area contributed by atoms with Gasteiger partial charge in [0, 0.05) is 24.7 Å². The molecule has 1 aromatic carbocycles. The largest absolute Gasteiger partial charge is 0.493 e. The summed E-state index contributed by atoms with van der Waals surface area (Å²) in [5.41, 5.74) is 0.610. The number of piperidine rings is 1. The van der Waals surface area contributed by atoms with Crippen LogP contribution in [0.4, 0.5) is 5.95 Å². The molecule has 0 spiro atoms. The average Bonchev–Trinajstić information content (AvgIpc) is 3.50. The van der Waals surface area contributed by atoms with E-state index in [9.17, 15) is 4.79 Å². The van der Waals surface area contributed by atoms with E-state index in [1.54, 1.807) is 32.4 Å². The fraction of sp³-hybridized carbons (Fsp3) is 0.550. The van der Waals surface area contributed by atoms with E-state index in [1.165, 1.54) is 31.0 Å². The molecule has 1 aliphatic carbocycles. The molecule has 2 fully saturated rings. The average molecular weight is 403 g/mol. The van der Waals surface area contributed by atoms with Gasteiger partial charge in [-0.05, 0) is 50.3 Å². The summed E-state index contributed by atoms with van der Waals surface area (Å²) in [6.07, 6.45) is 6.03. The standard InChI is InChI=1S/C20H26N4O3S/c1-26-17-9-6-14(12-18(17)27-2)16(25)13-28-20-22-21-19(24(20)15-7-8-15)23-10-4-3-5-11-23/h6,9,12,15H,3-5,7-8,10-11,13H2,1-2H3. The van der Waals surface area contributed by atoms with Crippen molar-refractivity contribution in [3.63, 3.8) is 0 Å². The van der Waals surface area contributed by atoms with Crippen LogP contribution >= 0.6 is 11.8 Å². The minimum Gasteiger partial charge on any atom is -0.493 e. The Morgan fingerprint density at radius 2 is 1.86 bits per heavy atom. The summed E-state index contributed by atoms with van der Waals surface area (Å²) in [7, 11) is 3.15. The quantitative estimate of drug-likeness (QED) is 0.494. The van der Waals surface area contributed by atoms with Crippen LogP contribution in [0.3, 0.4) is 0 Å². The Hall–Kier alpha value is -2.22. The zero-order valence-electron chi connectivity index (χ0n) is 16.4. The highest BCUT2D eigenvalue weighted by molar-refractivity contribution is 7.99. The van der Waals surface area contributed by atoms with Gasteiger partial charge < -0.3 is 14.4 Å². The Bertz CT molecular complexity index is 844. The Labute approximate surface area is 169 Å². The lowest BCUT2D eigenvalue weighted by atomic mass is 10.1. The molecule has 0 bridgehead atoms. The third-order valence-corrected chi connectivity index (χ3v) is 6.18. The van der Waals surface area contributed by atoms with Crippen molar-refractivity contribution in [2.45, 2.75) is 43.3 Å². The normalized spacial score (nSPS) is 16.9. The first kappa shape index (κ1) is 19.1. The topological polar surface area (TPSA) is 69.5 Å². The molecule has 0 amide bonds. The van der Waals surface area contributed by atoms with Gasteiger partial charge in [0.25, 0.3) is 0 Å². The number of ketones is 1. The monoisotopic (exact) mass is 402 g/mol. The van der Waals surface area contributed by atoms with Crippen molar-refractivity contribution in [2.24, 2.45) is 0 Å². The number of nitrogens with zero attached hydrogens (tertiary/aromatic N) is 4. The number of anilines is 1. The van der Waals surface area contributed by atoms with Gasteiger partial charge in [-0.15, -0.1) is 10.2 Å². The van der Waals surface area contributed by atoms with Crippen molar-refractivity contribution in [3.8, 4) is 11.5 Å². The van der Waals surface area contributed by atoms with Gasteiger partial charge in [0.2, 0.25) is 5.95 Å². The van der Waals surface area contributed by atoms with Crippen LogP contribution in [0.1, 0.15) is 48.5 Å². The maximum Gasteiger partial charge on any atom is 0.228 e. The number of ether oxygens (including phenoxy) is 2. The molecule has 0 unspecified atom stereocenters. The van der Waals surface area contributed by atoms with Crippen molar-refractivity contribution in [1.29, 1.82) is 0 Å². The summed E-state index contributed by atoms with van der Waals surface area (Å²) in [5, 5.41) is 9.73. The number of aromatic nitrogens is 3. The number of thioether (sulfide) groups is 1. The van der Waals surface area contributed by atoms with Gasteiger partial charge >= 0.3 is 0 Å². The number of carbonyl (C=O) groups is 1. The molecule has 1 aromatic heterocycles. The lowest BCUT2D eigenvalue weighted by molar-refractivity contribution is 0.102. The van der Waals surface area contributed by atoms with Crippen LogP contribution in [-0.2, 0) is 0 Å². The molecule has 8 heteroatoms. The number of carbonyl (C=O) groups excluding carboxylic acids is 1. The van der Waals surface area contributed by atoms with E-state index in [0.29, 0.717) is 28.9 Å². The van der Waals surface area contributed by atoms with Gasteiger partial charge in [-0.25, -0.2) is 0 Å². The Balaban J connectivity index is 1.47. The fourth-order valence-corrected chi connectivity index (χ4v) is 4.45. The van der Waals surface area contributed by atoms with Gasteiger partial charge in [0.15, 0.2) is 22.4 Å². The van der Waals surface area contributed by atoms with Crippen LogP contribution in [0.25, 0.3) is 0 Å². The van der Waals surface area contributed by atoms with Crippen molar-refractivity contribution in [1.82, 2.24) is 14.8 Å². The maximum atomic E-state index is 12.7. The molecule has 28 heavy (non-hydrogen) atoms. The number of Topliss-reactive ketones (excluding diaryl/α,β-unsaturated/α-hetero) is 1. The van der Waals surface area contributed by atoms with E-state index in [0.717, 1.165) is 37.0 Å². The van der Waals surface area contributed by atoms with Crippen molar-refractivity contribution in [3.05, 3.63) is 23.8 Å². The Morgan fingerprint density at radius 3 is 2.54 bits per heavy atom. The van der Waals surface area contributed by atoms with E-state index >= 15 is 0 Å². The second-order valence-corrected chi connectivity index (χ2v) is 8.16. The maximum absolute atomic E-state index is 12.7. The molecule has 0 atom stereocenters. The second-order valence-electron chi connectivity index (χ2n) is 7.21. The van der Waals surface area contributed by atoms with Gasteiger partial charge in [-0.1, -0.05) is 11.8 Å². The van der Waals surface area contributed by atoms with E-state index in [-0.39, 0.29) is 5.78 Å². The highest BCUT2D eigenvalue weighted by Gasteiger charge is 2.32. The van der Waals surface area contributed by atoms with E-state index in [4.69, 9.17) is 9.47 Å². The first-order chi connectivity index (χ1) is 13.7. The highest BCUT2D eigenvalue weighted by Crippen LogP contribution is 2.41. The highest BCUT2D eigenvalue weighted by atomic mass is 32.2. The predicted molar refractivity (Wildman–Crippen MR) is 109 cm³/mol. The molecule has 1 saturated carbocycles. The molecule has 1 aliphatic heterocycles. The number of methoxy groups -OCH3 is 2. The Morgan fingerprint density at radius 1 is 1.11 bits per heavy atom. The third-order valence-electron chi connectivity index (χ3n) is 5.24. The zero-order valence-corrected chi connectivity index (χ0v) is 17.2. The molecule has 150 valence electrons. The fourth-order valence-electron chi connectivity index (χ4n) is 3.55. The minimum absolute atomic E-state index is 0.0378. The molecule has 7 nitrogen and oxygen atoms in total. The molecular weight excluding hydrogens is 376 g/mol. The summed E-state index contributed by atoms with van der Waals surface area (Å²) < 4.78 is 12.8. The van der Waals surface area contributed by atoms with Crippen LogP contribution in [0.5, 0.6) is 11.5 Å². The van der Waals surface area contributed by atoms with E-state index < -0.39 is 0 Å². The molecule has 4 rings (SSSR count). The van der Waals surface area contributed by atoms with Crippen LogP contribution in [0.15, 0.2) is 23.4 Å². The van der Waals surface area contributed by atoms with E-state index in [2.05, 4.69) is 19.7 Å². The minimum atomic E-state index is 0.0378. The van der Waals surface area contributed by atoms with Crippen LogP contribution in [-0.4, -0.2) is 53.6 Å². The second kappa shape index (κ2) is 8.43. The SMILES string of the molecule is COc1ccc(C(=O)CSc2nnc(N3CCCCC3)n2C2CC2)cc1OC. The van der Waals surface area contributed by atoms with Gasteiger partial charge in [0.1, 0.15) is 0 Å². The number of benzene rings is 1. The van der Waals surface area contributed by atoms with Crippen molar-refractivity contribution < 1.29 is 14.3 Å². The molecule has 2 heterocycles. The van der Waals surface area contributed by atoms with Crippen molar-refractivity contribution >= 4 is 23.5 Å². The first-order valence-corrected chi connectivity index (χ1v) is 10.8. The molecule has 0 radical (unpaired) electrons. The molecule has 2 aliphatic rings.